The summed E-state index contributed by atoms with van der Waals surface area (Å²) in [5.74, 6) is -0.247. The van der Waals surface area contributed by atoms with Crippen molar-refractivity contribution in [1.29, 1.82) is 0 Å². The fourth-order valence-corrected chi connectivity index (χ4v) is 3.59. The number of unbranched alkanes of at least 4 members (excludes halogenated alkanes) is 3. The smallest absolute Gasteiger partial charge is 0.419 e. The Morgan fingerprint density at radius 2 is 2.16 bits per heavy atom. The molecule has 0 radical (unpaired) electrons. The van der Waals surface area contributed by atoms with Gasteiger partial charge in [-0.25, -0.2) is 4.79 Å². The van der Waals surface area contributed by atoms with E-state index in [4.69, 9.17) is 9.26 Å². The topological polar surface area (TPSA) is 88.7 Å². The quantitative estimate of drug-likeness (QED) is 0.365. The van der Waals surface area contributed by atoms with Crippen LogP contribution in [0.5, 0.6) is 5.75 Å². The van der Waals surface area contributed by atoms with Crippen molar-refractivity contribution in [3.63, 3.8) is 0 Å². The maximum atomic E-state index is 13.6. The highest BCUT2D eigenvalue weighted by molar-refractivity contribution is 5.66. The van der Waals surface area contributed by atoms with E-state index in [9.17, 15) is 23.1 Å². The number of halogens is 3. The first kappa shape index (κ1) is 23.6. The van der Waals surface area contributed by atoms with Crippen molar-refractivity contribution in [2.45, 2.75) is 57.7 Å². The van der Waals surface area contributed by atoms with Crippen molar-refractivity contribution in [1.82, 2.24) is 15.0 Å². The lowest BCUT2D eigenvalue weighted by molar-refractivity contribution is -0.138. The molecule has 1 amide bonds. The zero-order chi connectivity index (χ0) is 23.1. The zero-order valence-electron chi connectivity index (χ0n) is 17.8. The Labute approximate surface area is 183 Å². The molecular weight excluding hydrogens is 427 g/mol. The number of alkyl halides is 3. The Balaban J connectivity index is 1.75. The monoisotopic (exact) mass is 453 g/mol. The average Bonchev–Trinajstić information content (AvgIpc) is 3.42. The molecule has 1 aromatic carbocycles. The molecule has 10 heteroatoms. The van der Waals surface area contributed by atoms with Crippen molar-refractivity contribution in [3.8, 4) is 17.1 Å². The molecule has 32 heavy (non-hydrogen) atoms. The largest absolute Gasteiger partial charge is 0.489 e. The van der Waals surface area contributed by atoms with E-state index in [2.05, 4.69) is 17.1 Å². The second-order valence-electron chi connectivity index (χ2n) is 7.58. The van der Waals surface area contributed by atoms with Gasteiger partial charge in [0, 0.05) is 12.1 Å². The van der Waals surface area contributed by atoms with Gasteiger partial charge in [0.25, 0.3) is 0 Å². The maximum Gasteiger partial charge on any atom is 0.419 e. The normalized spacial score (nSPS) is 16.8. The third-order valence-electron chi connectivity index (χ3n) is 5.24. The molecule has 1 saturated heterocycles. The van der Waals surface area contributed by atoms with Crippen LogP contribution >= 0.6 is 0 Å². The number of nitrogens with zero attached hydrogens (tertiary/aromatic N) is 3. The van der Waals surface area contributed by atoms with Gasteiger partial charge in [0.2, 0.25) is 11.7 Å². The van der Waals surface area contributed by atoms with E-state index in [1.54, 1.807) is 6.08 Å². The van der Waals surface area contributed by atoms with Crippen LogP contribution in [-0.4, -0.2) is 39.4 Å². The first-order chi connectivity index (χ1) is 15.3. The van der Waals surface area contributed by atoms with E-state index < -0.39 is 23.9 Å². The van der Waals surface area contributed by atoms with Gasteiger partial charge in [-0.3, -0.25) is 4.90 Å². The minimum Gasteiger partial charge on any atom is -0.489 e. The molecule has 0 bridgehead atoms. The van der Waals surface area contributed by atoms with Gasteiger partial charge in [-0.2, -0.15) is 18.2 Å². The number of benzene rings is 1. The van der Waals surface area contributed by atoms with Crippen LogP contribution in [0.25, 0.3) is 11.4 Å². The lowest BCUT2D eigenvalue weighted by Gasteiger charge is -2.17. The fraction of sp³-hybridized carbons (Fsp3) is 0.500. The highest BCUT2D eigenvalue weighted by atomic mass is 19.4. The van der Waals surface area contributed by atoms with Crippen LogP contribution in [0.3, 0.4) is 0 Å². The Kier molecular flexibility index (Phi) is 7.76. The van der Waals surface area contributed by atoms with E-state index in [1.807, 2.05) is 6.08 Å². The summed E-state index contributed by atoms with van der Waals surface area (Å²) in [6, 6.07) is 2.98. The Morgan fingerprint density at radius 3 is 2.88 bits per heavy atom. The summed E-state index contributed by atoms with van der Waals surface area (Å²) in [4.78, 5) is 16.7. The highest BCUT2D eigenvalue weighted by Gasteiger charge is 2.36. The first-order valence-corrected chi connectivity index (χ1v) is 10.6. The Bertz CT molecular complexity index is 943. The third kappa shape index (κ3) is 5.80. The summed E-state index contributed by atoms with van der Waals surface area (Å²) >= 11 is 0. The van der Waals surface area contributed by atoms with Crippen molar-refractivity contribution in [2.24, 2.45) is 0 Å². The van der Waals surface area contributed by atoms with Crippen molar-refractivity contribution >= 4 is 6.09 Å². The van der Waals surface area contributed by atoms with Gasteiger partial charge < -0.3 is 14.4 Å². The van der Waals surface area contributed by atoms with Gasteiger partial charge in [-0.15, -0.1) is 0 Å². The van der Waals surface area contributed by atoms with E-state index >= 15 is 0 Å². The number of carboxylic acid groups (broad SMARTS) is 1. The number of hydrogen-bond acceptors (Lipinski definition) is 5. The Hall–Kier alpha value is -3.04. The van der Waals surface area contributed by atoms with Crippen LogP contribution in [-0.2, 0) is 6.18 Å². The van der Waals surface area contributed by atoms with E-state index in [0.717, 1.165) is 31.7 Å². The molecule has 0 saturated carbocycles. The molecule has 0 spiro atoms. The second kappa shape index (κ2) is 10.5. The molecule has 1 fully saturated rings. The zero-order valence-corrected chi connectivity index (χ0v) is 17.8. The van der Waals surface area contributed by atoms with Crippen LogP contribution in [0.2, 0.25) is 0 Å². The molecular formula is C22H26F3N3O4. The highest BCUT2D eigenvalue weighted by Crippen LogP contribution is 2.39. The predicted octanol–water partition coefficient (Wildman–Crippen LogP) is 6.09. The first-order valence-electron chi connectivity index (χ1n) is 10.6. The third-order valence-corrected chi connectivity index (χ3v) is 5.24. The SMILES string of the molecule is CCCCC/C=C/COc1ccc(-c2noc([C@@H]3CCCN3C(=O)O)n2)cc1C(F)(F)F. The molecule has 3 rings (SSSR count). The van der Waals surface area contributed by atoms with Crippen molar-refractivity contribution in [2.75, 3.05) is 13.2 Å². The number of aromatic nitrogens is 2. The molecule has 1 N–H and O–H groups in total. The van der Waals surface area contributed by atoms with Gasteiger partial charge >= 0.3 is 12.3 Å². The lowest BCUT2D eigenvalue weighted by Crippen LogP contribution is -2.28. The van der Waals surface area contributed by atoms with E-state index in [1.165, 1.54) is 17.0 Å². The molecule has 2 aromatic rings. The minimum atomic E-state index is -4.63. The standard InChI is InChI=1S/C22H26F3N3O4/c1-2-3-4-5-6-7-13-31-18-11-10-15(14-16(18)22(23,24)25)19-26-20(32-27-19)17-9-8-12-28(17)21(29)30/h6-7,10-11,14,17H,2-5,8-9,12-13H2,1H3,(H,29,30)/b7-6+/t17-/m0/s1. The van der Waals surface area contributed by atoms with Crippen LogP contribution < -0.4 is 4.74 Å². The molecule has 0 unspecified atom stereocenters. The maximum absolute atomic E-state index is 13.6. The molecule has 2 heterocycles. The van der Waals surface area contributed by atoms with Crippen LogP contribution in [0.15, 0.2) is 34.9 Å². The number of allylic oxidation sites excluding steroid dienone is 1. The molecule has 0 aliphatic carbocycles. The number of hydrogen-bond donors (Lipinski definition) is 1. The van der Waals surface area contributed by atoms with E-state index in [0.29, 0.717) is 19.4 Å². The number of likely N-dealkylation sites (tertiary alicyclic amines) is 1. The summed E-state index contributed by atoms with van der Waals surface area (Å²) in [7, 11) is 0. The summed E-state index contributed by atoms with van der Waals surface area (Å²) < 4.78 is 51.4. The molecule has 7 nitrogen and oxygen atoms in total. The summed E-state index contributed by atoms with van der Waals surface area (Å²) in [6.07, 6.45) is 3.15. The van der Waals surface area contributed by atoms with Crippen molar-refractivity contribution < 1.29 is 32.3 Å². The lowest BCUT2D eigenvalue weighted by atomic mass is 10.1. The van der Waals surface area contributed by atoms with Gasteiger partial charge in [0.05, 0.1) is 5.56 Å². The van der Waals surface area contributed by atoms with Crippen LogP contribution in [0.4, 0.5) is 18.0 Å². The minimum absolute atomic E-state index is 0.0353. The van der Waals surface area contributed by atoms with Crippen LogP contribution in [0.1, 0.15) is 62.9 Å². The van der Waals surface area contributed by atoms with Gasteiger partial charge in [-0.1, -0.05) is 37.1 Å². The molecule has 1 aromatic heterocycles. The Morgan fingerprint density at radius 1 is 1.34 bits per heavy atom. The number of rotatable bonds is 9. The summed E-state index contributed by atoms with van der Waals surface area (Å²) in [5.41, 5.74) is -0.830. The predicted molar refractivity (Wildman–Crippen MR) is 110 cm³/mol. The second-order valence-corrected chi connectivity index (χ2v) is 7.58. The molecule has 1 aliphatic rings. The van der Waals surface area contributed by atoms with Gasteiger partial charge in [-0.05, 0) is 43.9 Å². The molecule has 1 aliphatic heterocycles. The number of amides is 1. The molecule has 1 atom stereocenters. The summed E-state index contributed by atoms with van der Waals surface area (Å²) in [6.45, 7) is 2.48. The van der Waals surface area contributed by atoms with Crippen LogP contribution in [0, 0.1) is 0 Å². The number of ether oxygens (including phenoxy) is 1. The molecule has 174 valence electrons. The summed E-state index contributed by atoms with van der Waals surface area (Å²) in [5, 5.41) is 13.0. The fourth-order valence-electron chi connectivity index (χ4n) is 3.59. The average molecular weight is 453 g/mol. The number of carbonyl (C=O) groups is 1. The van der Waals surface area contributed by atoms with Gasteiger partial charge in [0.1, 0.15) is 18.4 Å². The van der Waals surface area contributed by atoms with Crippen molar-refractivity contribution in [3.05, 3.63) is 41.8 Å². The van der Waals surface area contributed by atoms with Gasteiger partial charge in [0.15, 0.2) is 0 Å². The van der Waals surface area contributed by atoms with E-state index in [-0.39, 0.29) is 29.6 Å².